The largest absolute Gasteiger partial charge is 0.495 e. The summed E-state index contributed by atoms with van der Waals surface area (Å²) in [4.78, 5) is 18.7. The molecule has 20 heavy (non-hydrogen) atoms. The first kappa shape index (κ1) is 14.1. The maximum Gasteiger partial charge on any atom is 0.339 e. The van der Waals surface area contributed by atoms with Gasteiger partial charge in [-0.05, 0) is 12.1 Å². The highest BCUT2D eigenvalue weighted by atomic mass is 35.5. The molecule has 0 bridgehead atoms. The number of nitrogens with zero attached hydrogens (tertiary/aromatic N) is 2. The summed E-state index contributed by atoms with van der Waals surface area (Å²) in [5.74, 6) is -0.520. The molecule has 0 radical (unpaired) electrons. The molecule has 1 aromatic heterocycles. The molecule has 0 spiro atoms. The lowest BCUT2D eigenvalue weighted by Gasteiger charge is -2.10. The van der Waals surface area contributed by atoms with Gasteiger partial charge in [0.05, 0.1) is 24.4 Å². The minimum Gasteiger partial charge on any atom is -0.495 e. The van der Waals surface area contributed by atoms with Gasteiger partial charge >= 0.3 is 5.97 Å². The number of hydrogen-bond donors (Lipinski definition) is 2. The van der Waals surface area contributed by atoms with Crippen molar-refractivity contribution in [2.24, 2.45) is 0 Å². The van der Waals surface area contributed by atoms with Crippen molar-refractivity contribution in [3.05, 3.63) is 47.0 Å². The Morgan fingerprint density at radius 3 is 3.00 bits per heavy atom. The number of halogens is 1. The summed E-state index contributed by atoms with van der Waals surface area (Å²) in [5, 5.41) is 12.6. The number of methoxy groups -OCH3 is 1. The fourth-order valence-corrected chi connectivity index (χ4v) is 1.82. The molecule has 104 valence electrons. The van der Waals surface area contributed by atoms with Gasteiger partial charge in [0.2, 0.25) is 0 Å². The van der Waals surface area contributed by atoms with E-state index in [0.717, 1.165) is 5.69 Å². The van der Waals surface area contributed by atoms with Crippen LogP contribution in [0.5, 0.6) is 5.75 Å². The quantitative estimate of drug-likeness (QED) is 0.881. The molecule has 7 heteroatoms. The number of hydrogen-bond acceptors (Lipinski definition) is 5. The standard InChI is InChI=1S/C13H12ClN3O3/c1-20-12-4-8(2-3-10(12)14)16-6-11-9(13(18)19)5-15-7-17-11/h2-5,7,16H,6H2,1H3,(H,18,19). The SMILES string of the molecule is COc1cc(NCc2ncncc2C(=O)O)ccc1Cl. The maximum absolute atomic E-state index is 11.0. The van der Waals surface area contributed by atoms with Gasteiger partial charge in [0, 0.05) is 18.0 Å². The minimum atomic E-state index is -1.06. The summed E-state index contributed by atoms with van der Waals surface area (Å²) in [7, 11) is 1.53. The molecule has 0 unspecified atom stereocenters. The second kappa shape index (κ2) is 6.21. The van der Waals surface area contributed by atoms with E-state index < -0.39 is 5.97 Å². The molecule has 2 aromatic rings. The zero-order valence-electron chi connectivity index (χ0n) is 10.6. The molecular formula is C13H12ClN3O3. The van der Waals surface area contributed by atoms with Crippen LogP contribution in [0.15, 0.2) is 30.7 Å². The number of anilines is 1. The third-order valence-corrected chi connectivity index (χ3v) is 2.95. The number of nitrogens with one attached hydrogen (secondary N) is 1. The lowest BCUT2D eigenvalue weighted by Crippen LogP contribution is -2.10. The number of carboxylic acid groups (broad SMARTS) is 1. The van der Waals surface area contributed by atoms with Crippen LogP contribution in [0.3, 0.4) is 0 Å². The van der Waals surface area contributed by atoms with Gasteiger partial charge in [-0.25, -0.2) is 14.8 Å². The Labute approximate surface area is 120 Å². The van der Waals surface area contributed by atoms with Gasteiger partial charge in [0.1, 0.15) is 17.6 Å². The van der Waals surface area contributed by atoms with Crippen molar-refractivity contribution in [3.8, 4) is 5.75 Å². The molecule has 0 amide bonds. The molecule has 2 rings (SSSR count). The Morgan fingerprint density at radius 1 is 1.50 bits per heavy atom. The molecule has 1 heterocycles. The van der Waals surface area contributed by atoms with E-state index in [4.69, 9.17) is 21.4 Å². The Morgan fingerprint density at radius 2 is 2.30 bits per heavy atom. The molecule has 0 aliphatic carbocycles. The Hall–Kier alpha value is -2.34. The van der Waals surface area contributed by atoms with Gasteiger partial charge in [-0.15, -0.1) is 0 Å². The predicted molar refractivity (Wildman–Crippen MR) is 74.3 cm³/mol. The van der Waals surface area contributed by atoms with Crippen molar-refractivity contribution in [3.63, 3.8) is 0 Å². The molecule has 0 aliphatic heterocycles. The first-order chi connectivity index (χ1) is 9.61. The van der Waals surface area contributed by atoms with Crippen LogP contribution in [0.1, 0.15) is 16.1 Å². The highest BCUT2D eigenvalue weighted by molar-refractivity contribution is 6.32. The first-order valence-corrected chi connectivity index (χ1v) is 6.09. The van der Waals surface area contributed by atoms with Crippen LogP contribution in [0, 0.1) is 0 Å². The third kappa shape index (κ3) is 3.16. The van der Waals surface area contributed by atoms with Crippen molar-refractivity contribution in [2.45, 2.75) is 6.54 Å². The lowest BCUT2D eigenvalue weighted by atomic mass is 10.2. The molecule has 0 aliphatic rings. The molecular weight excluding hydrogens is 282 g/mol. The van der Waals surface area contributed by atoms with Crippen LogP contribution >= 0.6 is 11.6 Å². The van der Waals surface area contributed by atoms with Crippen molar-refractivity contribution in [1.29, 1.82) is 0 Å². The van der Waals surface area contributed by atoms with Crippen molar-refractivity contribution in [1.82, 2.24) is 9.97 Å². The van der Waals surface area contributed by atoms with Crippen LogP contribution in [-0.4, -0.2) is 28.2 Å². The monoisotopic (exact) mass is 293 g/mol. The lowest BCUT2D eigenvalue weighted by molar-refractivity contribution is 0.0694. The van der Waals surface area contributed by atoms with Gasteiger partial charge in [-0.1, -0.05) is 11.6 Å². The number of benzene rings is 1. The highest BCUT2D eigenvalue weighted by Gasteiger charge is 2.11. The van der Waals surface area contributed by atoms with Crippen molar-refractivity contribution in [2.75, 3.05) is 12.4 Å². The van der Waals surface area contributed by atoms with E-state index in [9.17, 15) is 4.79 Å². The average molecular weight is 294 g/mol. The van der Waals surface area contributed by atoms with Crippen LogP contribution in [0.25, 0.3) is 0 Å². The van der Waals surface area contributed by atoms with Crippen LogP contribution in [0.4, 0.5) is 5.69 Å². The van der Waals surface area contributed by atoms with Crippen LogP contribution < -0.4 is 10.1 Å². The zero-order valence-corrected chi connectivity index (χ0v) is 11.4. The van der Waals surface area contributed by atoms with E-state index in [-0.39, 0.29) is 12.1 Å². The number of aromatic carboxylic acids is 1. The van der Waals surface area contributed by atoms with Crippen molar-refractivity contribution >= 4 is 23.3 Å². The zero-order chi connectivity index (χ0) is 14.5. The summed E-state index contributed by atoms with van der Waals surface area (Å²) in [6, 6.07) is 5.19. The molecule has 1 aromatic carbocycles. The Balaban J connectivity index is 2.15. The molecule has 0 saturated heterocycles. The summed E-state index contributed by atoms with van der Waals surface area (Å²) >= 11 is 5.93. The van der Waals surface area contributed by atoms with Gasteiger partial charge in [0.25, 0.3) is 0 Å². The van der Waals surface area contributed by atoms with E-state index in [0.29, 0.717) is 16.5 Å². The molecule has 2 N–H and O–H groups in total. The van der Waals surface area contributed by atoms with E-state index in [2.05, 4.69) is 15.3 Å². The summed E-state index contributed by atoms with van der Waals surface area (Å²) in [6.45, 7) is 0.259. The summed E-state index contributed by atoms with van der Waals surface area (Å²) in [5.41, 5.74) is 1.23. The second-order valence-electron chi connectivity index (χ2n) is 3.89. The van der Waals surface area contributed by atoms with Crippen LogP contribution in [0.2, 0.25) is 5.02 Å². The van der Waals surface area contributed by atoms with Gasteiger partial charge in [-0.3, -0.25) is 0 Å². The van der Waals surface area contributed by atoms with Gasteiger partial charge in [-0.2, -0.15) is 0 Å². The highest BCUT2D eigenvalue weighted by Crippen LogP contribution is 2.27. The average Bonchev–Trinajstić information content (AvgIpc) is 2.46. The molecule has 0 fully saturated rings. The number of rotatable bonds is 5. The molecule has 0 saturated carbocycles. The van der Waals surface area contributed by atoms with E-state index in [1.165, 1.54) is 19.6 Å². The minimum absolute atomic E-state index is 0.0703. The molecule has 6 nitrogen and oxygen atoms in total. The number of carbonyl (C=O) groups is 1. The maximum atomic E-state index is 11.0. The fourth-order valence-electron chi connectivity index (χ4n) is 1.63. The van der Waals surface area contributed by atoms with E-state index >= 15 is 0 Å². The first-order valence-electron chi connectivity index (χ1n) is 5.71. The second-order valence-corrected chi connectivity index (χ2v) is 4.30. The smallest absolute Gasteiger partial charge is 0.339 e. The topological polar surface area (TPSA) is 84.3 Å². The van der Waals surface area contributed by atoms with Crippen LogP contribution in [-0.2, 0) is 6.54 Å². The predicted octanol–water partition coefficient (Wildman–Crippen LogP) is 2.45. The number of ether oxygens (including phenoxy) is 1. The normalized spacial score (nSPS) is 10.1. The number of aromatic nitrogens is 2. The van der Waals surface area contributed by atoms with E-state index in [1.807, 2.05) is 0 Å². The summed E-state index contributed by atoms with van der Waals surface area (Å²) in [6.07, 6.45) is 2.58. The Bertz CT molecular complexity index is 634. The fraction of sp³-hybridized carbons (Fsp3) is 0.154. The third-order valence-electron chi connectivity index (χ3n) is 2.64. The summed E-state index contributed by atoms with van der Waals surface area (Å²) < 4.78 is 5.11. The van der Waals surface area contributed by atoms with Crippen molar-refractivity contribution < 1.29 is 14.6 Å². The molecule has 0 atom stereocenters. The van der Waals surface area contributed by atoms with Gasteiger partial charge in [0.15, 0.2) is 0 Å². The number of carboxylic acids is 1. The van der Waals surface area contributed by atoms with Gasteiger partial charge < -0.3 is 15.2 Å². The van der Waals surface area contributed by atoms with E-state index in [1.54, 1.807) is 18.2 Å². The Kier molecular flexibility index (Phi) is 4.37.